The molecule has 1 aromatic rings. The summed E-state index contributed by atoms with van der Waals surface area (Å²) in [5, 5.41) is 11.1. The number of amides is 1. The summed E-state index contributed by atoms with van der Waals surface area (Å²) in [7, 11) is 0. The summed E-state index contributed by atoms with van der Waals surface area (Å²) in [5.74, 6) is -0.0950. The number of thiazole rings is 1. The van der Waals surface area contributed by atoms with Crippen LogP contribution in [0.4, 0.5) is 0 Å². The molecule has 1 fully saturated rings. The molecule has 5 nitrogen and oxygen atoms in total. The molecule has 19 heavy (non-hydrogen) atoms. The van der Waals surface area contributed by atoms with Gasteiger partial charge in [0.05, 0.1) is 18.5 Å². The molecule has 0 aliphatic carbocycles. The zero-order valence-corrected chi connectivity index (χ0v) is 11.8. The van der Waals surface area contributed by atoms with Gasteiger partial charge in [0, 0.05) is 18.5 Å². The molecule has 1 N–H and O–H groups in total. The SMILES string of the molecule is CC1CCN(C(=O)Cc2nc(CC(=O)O)cs2)CC1. The monoisotopic (exact) mass is 282 g/mol. The predicted molar refractivity (Wildman–Crippen MR) is 72.1 cm³/mol. The van der Waals surface area contributed by atoms with Crippen LogP contribution in [-0.4, -0.2) is 40.0 Å². The number of hydrogen-bond donors (Lipinski definition) is 1. The van der Waals surface area contributed by atoms with E-state index in [1.165, 1.54) is 11.3 Å². The number of piperidine rings is 1. The topological polar surface area (TPSA) is 70.5 Å². The number of hydrogen-bond acceptors (Lipinski definition) is 4. The Kier molecular flexibility index (Phi) is 4.52. The number of rotatable bonds is 4. The van der Waals surface area contributed by atoms with Crippen molar-refractivity contribution < 1.29 is 14.7 Å². The highest BCUT2D eigenvalue weighted by molar-refractivity contribution is 7.09. The second-order valence-electron chi connectivity index (χ2n) is 5.04. The quantitative estimate of drug-likeness (QED) is 0.910. The van der Waals surface area contributed by atoms with Crippen LogP contribution in [0.2, 0.25) is 0 Å². The van der Waals surface area contributed by atoms with Crippen LogP contribution < -0.4 is 0 Å². The summed E-state index contributed by atoms with van der Waals surface area (Å²) in [4.78, 5) is 28.7. The molecular formula is C13H18N2O3S. The van der Waals surface area contributed by atoms with Gasteiger partial charge in [-0.1, -0.05) is 6.92 Å². The normalized spacial score (nSPS) is 16.6. The molecule has 1 amide bonds. The van der Waals surface area contributed by atoms with E-state index in [4.69, 9.17) is 5.11 Å². The Hall–Kier alpha value is -1.43. The second-order valence-corrected chi connectivity index (χ2v) is 5.99. The summed E-state index contributed by atoms with van der Waals surface area (Å²) >= 11 is 1.36. The van der Waals surface area contributed by atoms with Crippen LogP contribution >= 0.6 is 11.3 Å². The number of likely N-dealkylation sites (tertiary alicyclic amines) is 1. The standard InChI is InChI=1S/C13H18N2O3S/c1-9-2-4-15(5-3-9)12(16)7-11-14-10(8-19-11)6-13(17)18/h8-9H,2-7H2,1H3,(H,17,18). The van der Waals surface area contributed by atoms with Crippen LogP contribution in [0.5, 0.6) is 0 Å². The van der Waals surface area contributed by atoms with Gasteiger partial charge in [-0.2, -0.15) is 0 Å². The number of carbonyl (C=O) groups is 2. The minimum absolute atomic E-state index is 0.0775. The van der Waals surface area contributed by atoms with Crippen molar-refractivity contribution in [1.29, 1.82) is 0 Å². The Labute approximate surface area is 116 Å². The molecule has 0 unspecified atom stereocenters. The first-order valence-corrected chi connectivity index (χ1v) is 7.35. The van der Waals surface area contributed by atoms with E-state index in [1.54, 1.807) is 5.38 Å². The third-order valence-electron chi connectivity index (χ3n) is 3.37. The lowest BCUT2D eigenvalue weighted by molar-refractivity contribution is -0.136. The summed E-state index contributed by atoms with van der Waals surface area (Å²) in [6.07, 6.45) is 2.34. The van der Waals surface area contributed by atoms with E-state index in [0.29, 0.717) is 23.0 Å². The fraction of sp³-hybridized carbons (Fsp3) is 0.615. The van der Waals surface area contributed by atoms with Gasteiger partial charge < -0.3 is 10.0 Å². The summed E-state index contributed by atoms with van der Waals surface area (Å²) in [5.41, 5.74) is 0.535. The Morgan fingerprint density at radius 1 is 1.42 bits per heavy atom. The molecule has 1 saturated heterocycles. The molecular weight excluding hydrogens is 264 g/mol. The van der Waals surface area contributed by atoms with Crippen LogP contribution in [0, 0.1) is 5.92 Å². The van der Waals surface area contributed by atoms with Gasteiger partial charge in [-0.25, -0.2) is 4.98 Å². The van der Waals surface area contributed by atoms with Gasteiger partial charge >= 0.3 is 5.97 Å². The molecule has 1 aliphatic heterocycles. The molecule has 0 aromatic carbocycles. The third kappa shape index (κ3) is 4.02. The molecule has 1 aliphatic rings. The average molecular weight is 282 g/mol. The lowest BCUT2D eigenvalue weighted by atomic mass is 9.99. The Morgan fingerprint density at radius 3 is 2.74 bits per heavy atom. The van der Waals surface area contributed by atoms with E-state index in [2.05, 4.69) is 11.9 Å². The summed E-state index contributed by atoms with van der Waals surface area (Å²) in [6.45, 7) is 3.86. The van der Waals surface area contributed by atoms with Crippen molar-refractivity contribution in [2.75, 3.05) is 13.1 Å². The molecule has 1 aromatic heterocycles. The molecule has 0 spiro atoms. The van der Waals surface area contributed by atoms with Gasteiger partial charge in [0.15, 0.2) is 0 Å². The number of carboxylic acids is 1. The van der Waals surface area contributed by atoms with E-state index in [0.717, 1.165) is 25.9 Å². The van der Waals surface area contributed by atoms with Crippen molar-refractivity contribution in [2.24, 2.45) is 5.92 Å². The Morgan fingerprint density at radius 2 is 2.11 bits per heavy atom. The van der Waals surface area contributed by atoms with Crippen LogP contribution in [0.15, 0.2) is 5.38 Å². The maximum atomic E-state index is 12.1. The first-order chi connectivity index (χ1) is 9.04. The van der Waals surface area contributed by atoms with Crippen molar-refractivity contribution in [3.8, 4) is 0 Å². The van der Waals surface area contributed by atoms with Gasteiger partial charge in [-0.05, 0) is 18.8 Å². The van der Waals surface area contributed by atoms with Crippen molar-refractivity contribution in [3.63, 3.8) is 0 Å². The van der Waals surface area contributed by atoms with Gasteiger partial charge in [-0.3, -0.25) is 9.59 Å². The van der Waals surface area contributed by atoms with Gasteiger partial charge in [0.1, 0.15) is 5.01 Å². The minimum atomic E-state index is -0.895. The number of carbonyl (C=O) groups excluding carboxylic acids is 1. The second kappa shape index (κ2) is 6.14. The third-order valence-corrected chi connectivity index (χ3v) is 4.27. The van der Waals surface area contributed by atoms with E-state index in [9.17, 15) is 9.59 Å². The molecule has 6 heteroatoms. The molecule has 0 bridgehead atoms. The zero-order chi connectivity index (χ0) is 13.8. The number of carboxylic acid groups (broad SMARTS) is 1. The molecule has 2 rings (SSSR count). The van der Waals surface area contributed by atoms with Crippen LogP contribution in [-0.2, 0) is 22.4 Å². The highest BCUT2D eigenvalue weighted by Crippen LogP contribution is 2.18. The van der Waals surface area contributed by atoms with Gasteiger partial charge in [-0.15, -0.1) is 11.3 Å². The zero-order valence-electron chi connectivity index (χ0n) is 11.0. The maximum absolute atomic E-state index is 12.1. The largest absolute Gasteiger partial charge is 0.481 e. The number of aliphatic carboxylic acids is 1. The van der Waals surface area contributed by atoms with Crippen LogP contribution in [0.1, 0.15) is 30.5 Å². The Bertz CT molecular complexity index is 464. The van der Waals surface area contributed by atoms with E-state index >= 15 is 0 Å². The molecule has 0 radical (unpaired) electrons. The van der Waals surface area contributed by atoms with Gasteiger partial charge in [0.2, 0.25) is 5.91 Å². The fourth-order valence-corrected chi connectivity index (χ4v) is 2.95. The smallest absolute Gasteiger partial charge is 0.309 e. The lowest BCUT2D eigenvalue weighted by Crippen LogP contribution is -2.38. The first kappa shape index (κ1) is 14.0. The van der Waals surface area contributed by atoms with Crippen molar-refractivity contribution in [1.82, 2.24) is 9.88 Å². The Balaban J connectivity index is 1.88. The minimum Gasteiger partial charge on any atom is -0.481 e. The molecule has 0 saturated carbocycles. The summed E-state index contributed by atoms with van der Waals surface area (Å²) < 4.78 is 0. The van der Waals surface area contributed by atoms with Crippen LogP contribution in [0.25, 0.3) is 0 Å². The van der Waals surface area contributed by atoms with Crippen molar-refractivity contribution in [3.05, 3.63) is 16.1 Å². The number of nitrogens with zero attached hydrogens (tertiary/aromatic N) is 2. The van der Waals surface area contributed by atoms with Crippen molar-refractivity contribution in [2.45, 2.75) is 32.6 Å². The molecule has 2 heterocycles. The van der Waals surface area contributed by atoms with E-state index < -0.39 is 5.97 Å². The van der Waals surface area contributed by atoms with Crippen LogP contribution in [0.3, 0.4) is 0 Å². The molecule has 0 atom stereocenters. The predicted octanol–water partition coefficient (Wildman–Crippen LogP) is 1.57. The highest BCUT2D eigenvalue weighted by Gasteiger charge is 2.21. The molecule has 104 valence electrons. The number of aromatic nitrogens is 1. The maximum Gasteiger partial charge on any atom is 0.309 e. The van der Waals surface area contributed by atoms with Crippen molar-refractivity contribution >= 4 is 23.2 Å². The highest BCUT2D eigenvalue weighted by atomic mass is 32.1. The summed E-state index contributed by atoms with van der Waals surface area (Å²) in [6, 6.07) is 0. The van der Waals surface area contributed by atoms with E-state index in [1.807, 2.05) is 4.90 Å². The van der Waals surface area contributed by atoms with Gasteiger partial charge in [0.25, 0.3) is 0 Å². The lowest BCUT2D eigenvalue weighted by Gasteiger charge is -2.30. The average Bonchev–Trinajstić information content (AvgIpc) is 2.76. The fourth-order valence-electron chi connectivity index (χ4n) is 2.17. The van der Waals surface area contributed by atoms with E-state index in [-0.39, 0.29) is 12.3 Å². The first-order valence-electron chi connectivity index (χ1n) is 6.47.